The second-order valence-corrected chi connectivity index (χ2v) is 3.80. The Balaban J connectivity index is 2.70. The quantitative estimate of drug-likeness (QED) is 0.613. The number of rotatable bonds is 5. The number of aliphatic hydroxyl groups is 1. The van der Waals surface area contributed by atoms with E-state index in [0.29, 0.717) is 17.9 Å². The van der Waals surface area contributed by atoms with E-state index in [9.17, 15) is 10.1 Å². The molecule has 0 aliphatic carbocycles. The van der Waals surface area contributed by atoms with Gasteiger partial charge in [-0.3, -0.25) is 10.1 Å². The van der Waals surface area contributed by atoms with Crippen molar-refractivity contribution in [3.63, 3.8) is 0 Å². The minimum Gasteiger partial charge on any atom is -0.493 e. The molecule has 1 atom stereocenters. The zero-order valence-corrected chi connectivity index (χ0v) is 9.34. The molecule has 0 amide bonds. The standard InChI is InChI=1S/C11H15NO4/c1-8(6-13)7-16-10-3-4-11(12(14)15)9(2)5-10/h3-5,8,13H,6-7H2,1-2H3. The Labute approximate surface area is 93.8 Å². The number of hydrogen-bond donors (Lipinski definition) is 1. The van der Waals surface area contributed by atoms with Crippen LogP contribution in [0.2, 0.25) is 0 Å². The van der Waals surface area contributed by atoms with E-state index in [4.69, 9.17) is 9.84 Å². The van der Waals surface area contributed by atoms with Gasteiger partial charge in [0.15, 0.2) is 0 Å². The van der Waals surface area contributed by atoms with Gasteiger partial charge in [-0.25, -0.2) is 0 Å². The van der Waals surface area contributed by atoms with Gasteiger partial charge in [0.25, 0.3) is 5.69 Å². The largest absolute Gasteiger partial charge is 0.493 e. The van der Waals surface area contributed by atoms with Gasteiger partial charge in [-0.15, -0.1) is 0 Å². The molecule has 5 heteroatoms. The monoisotopic (exact) mass is 225 g/mol. The topological polar surface area (TPSA) is 72.6 Å². The highest BCUT2D eigenvalue weighted by molar-refractivity contribution is 5.44. The molecule has 0 heterocycles. The number of hydrogen-bond acceptors (Lipinski definition) is 4. The maximum atomic E-state index is 10.6. The predicted octanol–water partition coefficient (Wildman–Crippen LogP) is 1.91. The van der Waals surface area contributed by atoms with Gasteiger partial charge < -0.3 is 9.84 Å². The van der Waals surface area contributed by atoms with Crippen LogP contribution in [0.4, 0.5) is 5.69 Å². The van der Waals surface area contributed by atoms with Crippen LogP contribution < -0.4 is 4.74 Å². The number of aliphatic hydroxyl groups excluding tert-OH is 1. The Morgan fingerprint density at radius 3 is 2.75 bits per heavy atom. The molecule has 0 aliphatic rings. The summed E-state index contributed by atoms with van der Waals surface area (Å²) >= 11 is 0. The van der Waals surface area contributed by atoms with E-state index in [-0.39, 0.29) is 18.2 Å². The fourth-order valence-electron chi connectivity index (χ4n) is 1.21. The summed E-state index contributed by atoms with van der Waals surface area (Å²) in [7, 11) is 0. The molecule has 1 aromatic carbocycles. The molecule has 16 heavy (non-hydrogen) atoms. The lowest BCUT2D eigenvalue weighted by molar-refractivity contribution is -0.385. The molecule has 0 saturated carbocycles. The minimum atomic E-state index is -0.421. The highest BCUT2D eigenvalue weighted by Gasteiger charge is 2.11. The molecule has 0 spiro atoms. The van der Waals surface area contributed by atoms with Crippen molar-refractivity contribution in [2.45, 2.75) is 13.8 Å². The van der Waals surface area contributed by atoms with Gasteiger partial charge in [-0.05, 0) is 19.1 Å². The Morgan fingerprint density at radius 1 is 1.56 bits per heavy atom. The van der Waals surface area contributed by atoms with Gasteiger partial charge in [0, 0.05) is 24.2 Å². The fraction of sp³-hybridized carbons (Fsp3) is 0.455. The number of nitrogens with zero attached hydrogens (tertiary/aromatic N) is 1. The van der Waals surface area contributed by atoms with Gasteiger partial charge >= 0.3 is 0 Å². The number of nitro groups is 1. The second kappa shape index (κ2) is 5.46. The van der Waals surface area contributed by atoms with E-state index < -0.39 is 4.92 Å². The van der Waals surface area contributed by atoms with E-state index in [1.165, 1.54) is 6.07 Å². The number of ether oxygens (including phenoxy) is 1. The van der Waals surface area contributed by atoms with Crippen molar-refractivity contribution < 1.29 is 14.8 Å². The SMILES string of the molecule is Cc1cc(OCC(C)CO)ccc1[N+](=O)[O-]. The predicted molar refractivity (Wildman–Crippen MR) is 59.6 cm³/mol. The maximum absolute atomic E-state index is 10.6. The molecule has 0 fully saturated rings. The average Bonchev–Trinajstić information content (AvgIpc) is 2.25. The highest BCUT2D eigenvalue weighted by atomic mass is 16.6. The van der Waals surface area contributed by atoms with Crippen LogP contribution in [0.5, 0.6) is 5.75 Å². The summed E-state index contributed by atoms with van der Waals surface area (Å²) in [6.07, 6.45) is 0. The van der Waals surface area contributed by atoms with Crippen molar-refractivity contribution in [3.8, 4) is 5.75 Å². The van der Waals surface area contributed by atoms with E-state index in [0.717, 1.165) is 0 Å². The smallest absolute Gasteiger partial charge is 0.272 e. The van der Waals surface area contributed by atoms with Crippen LogP contribution in [0.1, 0.15) is 12.5 Å². The first-order valence-electron chi connectivity index (χ1n) is 5.03. The van der Waals surface area contributed by atoms with Gasteiger partial charge in [0.05, 0.1) is 11.5 Å². The summed E-state index contributed by atoms with van der Waals surface area (Å²) < 4.78 is 5.39. The zero-order valence-electron chi connectivity index (χ0n) is 9.34. The van der Waals surface area contributed by atoms with Crippen molar-refractivity contribution in [1.29, 1.82) is 0 Å². The van der Waals surface area contributed by atoms with Crippen molar-refractivity contribution >= 4 is 5.69 Å². The summed E-state index contributed by atoms with van der Waals surface area (Å²) in [5.74, 6) is 0.638. The molecule has 0 aromatic heterocycles. The summed E-state index contributed by atoms with van der Waals surface area (Å²) in [4.78, 5) is 10.2. The molecule has 1 N–H and O–H groups in total. The van der Waals surface area contributed by atoms with E-state index in [1.54, 1.807) is 19.1 Å². The molecule has 0 bridgehead atoms. The Morgan fingerprint density at radius 2 is 2.25 bits per heavy atom. The van der Waals surface area contributed by atoms with Crippen molar-refractivity contribution in [2.24, 2.45) is 5.92 Å². The average molecular weight is 225 g/mol. The lowest BCUT2D eigenvalue weighted by Gasteiger charge is -2.10. The first-order chi connectivity index (χ1) is 7.54. The van der Waals surface area contributed by atoms with E-state index in [2.05, 4.69) is 0 Å². The molecule has 0 aliphatic heterocycles. The van der Waals surface area contributed by atoms with Crippen LogP contribution in [0.15, 0.2) is 18.2 Å². The fourth-order valence-corrected chi connectivity index (χ4v) is 1.21. The molecular weight excluding hydrogens is 210 g/mol. The third kappa shape index (κ3) is 3.20. The Kier molecular flexibility index (Phi) is 4.25. The number of aryl methyl sites for hydroxylation is 1. The summed E-state index contributed by atoms with van der Waals surface area (Å²) in [5.41, 5.74) is 0.654. The lowest BCUT2D eigenvalue weighted by atomic mass is 10.2. The molecular formula is C11H15NO4. The Hall–Kier alpha value is -1.62. The second-order valence-electron chi connectivity index (χ2n) is 3.80. The summed E-state index contributed by atoms with van der Waals surface area (Å²) in [6, 6.07) is 4.62. The molecule has 0 radical (unpaired) electrons. The van der Waals surface area contributed by atoms with Crippen LogP contribution in [0.3, 0.4) is 0 Å². The van der Waals surface area contributed by atoms with Crippen LogP contribution in [-0.2, 0) is 0 Å². The summed E-state index contributed by atoms with van der Waals surface area (Å²) in [5, 5.41) is 19.4. The summed E-state index contributed by atoms with van der Waals surface area (Å²) in [6.45, 7) is 3.98. The van der Waals surface area contributed by atoms with Gasteiger partial charge in [-0.1, -0.05) is 6.92 Å². The van der Waals surface area contributed by atoms with Gasteiger partial charge in [0.2, 0.25) is 0 Å². The van der Waals surface area contributed by atoms with Gasteiger partial charge in [-0.2, -0.15) is 0 Å². The van der Waals surface area contributed by atoms with E-state index in [1.807, 2.05) is 6.92 Å². The molecule has 0 saturated heterocycles. The van der Waals surface area contributed by atoms with Crippen LogP contribution in [0, 0.1) is 23.0 Å². The van der Waals surface area contributed by atoms with Crippen molar-refractivity contribution in [1.82, 2.24) is 0 Å². The molecule has 5 nitrogen and oxygen atoms in total. The molecule has 88 valence electrons. The Bertz CT molecular complexity index is 378. The van der Waals surface area contributed by atoms with E-state index >= 15 is 0 Å². The zero-order chi connectivity index (χ0) is 12.1. The number of nitro benzene ring substituents is 1. The number of benzene rings is 1. The highest BCUT2D eigenvalue weighted by Crippen LogP contribution is 2.23. The lowest BCUT2D eigenvalue weighted by Crippen LogP contribution is -2.12. The minimum absolute atomic E-state index is 0.0514. The third-order valence-electron chi connectivity index (χ3n) is 2.21. The van der Waals surface area contributed by atoms with Crippen molar-refractivity contribution in [2.75, 3.05) is 13.2 Å². The third-order valence-corrected chi connectivity index (χ3v) is 2.21. The first kappa shape index (κ1) is 12.4. The molecule has 1 unspecified atom stereocenters. The van der Waals surface area contributed by atoms with Gasteiger partial charge in [0.1, 0.15) is 5.75 Å². The van der Waals surface area contributed by atoms with Crippen molar-refractivity contribution in [3.05, 3.63) is 33.9 Å². The molecule has 1 aromatic rings. The maximum Gasteiger partial charge on any atom is 0.272 e. The van der Waals surface area contributed by atoms with Crippen LogP contribution in [-0.4, -0.2) is 23.2 Å². The molecule has 1 rings (SSSR count). The van der Waals surface area contributed by atoms with Crippen LogP contribution >= 0.6 is 0 Å². The normalized spacial score (nSPS) is 12.2. The first-order valence-corrected chi connectivity index (χ1v) is 5.03. The van der Waals surface area contributed by atoms with Crippen LogP contribution in [0.25, 0.3) is 0 Å².